The number of para-hydroxylation sites is 1. The molecule has 2 heterocycles. The fraction of sp³-hybridized carbons (Fsp3) is 0.526. The molecule has 2 fully saturated rings. The molecule has 2 saturated heterocycles. The van der Waals surface area contributed by atoms with Gasteiger partial charge in [0.1, 0.15) is 0 Å². The van der Waals surface area contributed by atoms with Gasteiger partial charge in [-0.3, -0.25) is 14.4 Å². The van der Waals surface area contributed by atoms with Crippen molar-refractivity contribution in [3.63, 3.8) is 0 Å². The van der Waals surface area contributed by atoms with Gasteiger partial charge in [0.15, 0.2) is 0 Å². The Kier molecular flexibility index (Phi) is 6.53. The van der Waals surface area contributed by atoms with Crippen LogP contribution in [0, 0.1) is 5.92 Å². The zero-order chi connectivity index (χ0) is 21.0. The first-order chi connectivity index (χ1) is 13.8. The summed E-state index contributed by atoms with van der Waals surface area (Å²) in [4.78, 5) is 40.1. The fourth-order valence-electron chi connectivity index (χ4n) is 3.60. The first-order valence-electron chi connectivity index (χ1n) is 9.62. The van der Waals surface area contributed by atoms with Crippen LogP contribution in [0.5, 0.6) is 0 Å². The van der Waals surface area contributed by atoms with E-state index in [4.69, 9.17) is 0 Å². The minimum atomic E-state index is -3.23. The minimum Gasteiger partial charge on any atom is -0.355 e. The van der Waals surface area contributed by atoms with Gasteiger partial charge in [-0.25, -0.2) is 8.42 Å². The van der Waals surface area contributed by atoms with Crippen LogP contribution in [0.3, 0.4) is 0 Å². The van der Waals surface area contributed by atoms with E-state index in [1.807, 2.05) is 30.3 Å². The van der Waals surface area contributed by atoms with E-state index in [1.165, 1.54) is 4.31 Å². The lowest BCUT2D eigenvalue weighted by atomic mass is 10.1. The first kappa shape index (κ1) is 21.3. The van der Waals surface area contributed by atoms with Crippen molar-refractivity contribution in [3.8, 4) is 0 Å². The predicted molar refractivity (Wildman–Crippen MR) is 108 cm³/mol. The number of nitrogens with zero attached hydrogens (tertiary/aromatic N) is 3. The zero-order valence-corrected chi connectivity index (χ0v) is 17.2. The summed E-state index contributed by atoms with van der Waals surface area (Å²) in [5.74, 6) is -0.870. The Morgan fingerprint density at radius 2 is 1.76 bits per heavy atom. The average Bonchev–Trinajstić information content (AvgIpc) is 3.10. The first-order valence-corrected chi connectivity index (χ1v) is 11.5. The van der Waals surface area contributed by atoms with Crippen LogP contribution in [0.25, 0.3) is 0 Å². The summed E-state index contributed by atoms with van der Waals surface area (Å²) < 4.78 is 24.4. The Labute approximate surface area is 170 Å². The summed E-state index contributed by atoms with van der Waals surface area (Å²) in [6, 6.07) is 9.22. The summed E-state index contributed by atoms with van der Waals surface area (Å²) in [5, 5.41) is 2.75. The number of anilines is 1. The van der Waals surface area contributed by atoms with Gasteiger partial charge in [-0.1, -0.05) is 18.2 Å². The Bertz CT molecular complexity index is 866. The van der Waals surface area contributed by atoms with Crippen molar-refractivity contribution < 1.29 is 22.8 Å². The van der Waals surface area contributed by atoms with E-state index in [0.29, 0.717) is 19.6 Å². The Hall–Kier alpha value is -2.46. The number of piperazine rings is 1. The number of hydrogen-bond donors (Lipinski definition) is 1. The predicted octanol–water partition coefficient (Wildman–Crippen LogP) is -0.350. The smallest absolute Gasteiger partial charge is 0.227 e. The molecule has 3 rings (SSSR count). The van der Waals surface area contributed by atoms with Gasteiger partial charge in [0.2, 0.25) is 27.7 Å². The molecule has 3 amide bonds. The van der Waals surface area contributed by atoms with E-state index < -0.39 is 15.9 Å². The largest absolute Gasteiger partial charge is 0.355 e. The lowest BCUT2D eigenvalue weighted by Crippen LogP contribution is -2.50. The highest BCUT2D eigenvalue weighted by Crippen LogP contribution is 2.24. The number of rotatable bonds is 6. The van der Waals surface area contributed by atoms with E-state index in [0.717, 1.165) is 11.9 Å². The summed E-state index contributed by atoms with van der Waals surface area (Å²) in [6.45, 7) is 1.80. The van der Waals surface area contributed by atoms with Crippen molar-refractivity contribution in [2.75, 3.05) is 50.4 Å². The summed E-state index contributed by atoms with van der Waals surface area (Å²) in [6.07, 6.45) is 1.46. The number of carbonyl (C=O) groups is 3. The molecule has 9 nitrogen and oxygen atoms in total. The number of amides is 3. The molecule has 0 aliphatic carbocycles. The van der Waals surface area contributed by atoms with Gasteiger partial charge in [-0.2, -0.15) is 4.31 Å². The minimum absolute atomic E-state index is 0.0869. The third-order valence-electron chi connectivity index (χ3n) is 5.26. The summed E-state index contributed by atoms with van der Waals surface area (Å²) in [5.41, 5.74) is 0.774. The number of carbonyl (C=O) groups excluding carboxylic acids is 3. The van der Waals surface area contributed by atoms with Crippen LogP contribution in [0.4, 0.5) is 5.69 Å². The van der Waals surface area contributed by atoms with Crippen molar-refractivity contribution in [2.45, 2.75) is 12.8 Å². The van der Waals surface area contributed by atoms with Crippen LogP contribution >= 0.6 is 0 Å². The number of benzene rings is 1. The van der Waals surface area contributed by atoms with E-state index in [1.54, 1.807) is 9.80 Å². The summed E-state index contributed by atoms with van der Waals surface area (Å²) >= 11 is 0. The molecule has 0 spiro atoms. The van der Waals surface area contributed by atoms with Gasteiger partial charge in [-0.15, -0.1) is 0 Å². The lowest BCUT2D eigenvalue weighted by Gasteiger charge is -2.33. The zero-order valence-electron chi connectivity index (χ0n) is 16.4. The standard InChI is InChI=1S/C19H26N4O5S/c1-29(27,28)22-11-9-21(10-12-22)17(24)7-8-20-19(26)15-13-18(25)23(14-15)16-5-3-2-4-6-16/h2-6,15H,7-14H2,1H3,(H,20,26)/t15-/m1/s1. The van der Waals surface area contributed by atoms with Crippen LogP contribution in [-0.4, -0.2) is 80.9 Å². The Balaban J connectivity index is 1.41. The highest BCUT2D eigenvalue weighted by molar-refractivity contribution is 7.88. The Morgan fingerprint density at radius 3 is 2.38 bits per heavy atom. The molecule has 2 aliphatic rings. The van der Waals surface area contributed by atoms with Crippen molar-refractivity contribution in [1.29, 1.82) is 0 Å². The van der Waals surface area contributed by atoms with Gasteiger partial charge < -0.3 is 15.1 Å². The second kappa shape index (κ2) is 8.91. The van der Waals surface area contributed by atoms with Crippen LogP contribution < -0.4 is 10.2 Å². The van der Waals surface area contributed by atoms with Crippen molar-refractivity contribution >= 4 is 33.4 Å². The molecular weight excluding hydrogens is 396 g/mol. The van der Waals surface area contributed by atoms with Gasteiger partial charge in [0, 0.05) is 57.8 Å². The third kappa shape index (κ3) is 5.33. The van der Waals surface area contributed by atoms with Gasteiger partial charge in [0.25, 0.3) is 0 Å². The number of hydrogen-bond acceptors (Lipinski definition) is 5. The molecule has 158 valence electrons. The van der Waals surface area contributed by atoms with Gasteiger partial charge in [-0.05, 0) is 12.1 Å². The molecule has 0 bridgehead atoms. The molecule has 1 atom stereocenters. The monoisotopic (exact) mass is 422 g/mol. The quantitative estimate of drug-likeness (QED) is 0.674. The maximum Gasteiger partial charge on any atom is 0.227 e. The molecule has 0 unspecified atom stereocenters. The molecule has 1 aromatic carbocycles. The van der Waals surface area contributed by atoms with Crippen molar-refractivity contribution in [2.24, 2.45) is 5.92 Å². The number of sulfonamides is 1. The summed E-state index contributed by atoms with van der Waals surface area (Å²) in [7, 11) is -3.23. The molecule has 1 N–H and O–H groups in total. The van der Waals surface area contributed by atoms with Crippen LogP contribution in [0.2, 0.25) is 0 Å². The molecule has 1 aromatic rings. The Morgan fingerprint density at radius 1 is 1.10 bits per heavy atom. The van der Waals surface area contributed by atoms with Crippen LogP contribution in [0.15, 0.2) is 30.3 Å². The van der Waals surface area contributed by atoms with Crippen LogP contribution in [-0.2, 0) is 24.4 Å². The molecule has 2 aliphatic heterocycles. The van der Waals surface area contributed by atoms with E-state index >= 15 is 0 Å². The normalized spacial score (nSPS) is 20.7. The maximum absolute atomic E-state index is 12.4. The SMILES string of the molecule is CS(=O)(=O)N1CCN(C(=O)CCNC(=O)[C@@H]2CC(=O)N(c3ccccc3)C2)CC1. The second-order valence-corrected chi connectivity index (χ2v) is 9.31. The van der Waals surface area contributed by atoms with E-state index in [9.17, 15) is 22.8 Å². The second-order valence-electron chi connectivity index (χ2n) is 7.32. The molecule has 0 saturated carbocycles. The third-order valence-corrected chi connectivity index (χ3v) is 6.57. The molecule has 0 aromatic heterocycles. The van der Waals surface area contributed by atoms with Gasteiger partial charge in [0.05, 0.1) is 12.2 Å². The highest BCUT2D eigenvalue weighted by Gasteiger charge is 2.35. The van der Waals surface area contributed by atoms with E-state index in [-0.39, 0.29) is 50.2 Å². The lowest BCUT2D eigenvalue weighted by molar-refractivity contribution is -0.132. The van der Waals surface area contributed by atoms with Crippen molar-refractivity contribution in [1.82, 2.24) is 14.5 Å². The molecular formula is C19H26N4O5S. The van der Waals surface area contributed by atoms with Crippen LogP contribution in [0.1, 0.15) is 12.8 Å². The van der Waals surface area contributed by atoms with Crippen molar-refractivity contribution in [3.05, 3.63) is 30.3 Å². The van der Waals surface area contributed by atoms with Gasteiger partial charge >= 0.3 is 0 Å². The molecule has 29 heavy (non-hydrogen) atoms. The molecule has 0 radical (unpaired) electrons. The highest BCUT2D eigenvalue weighted by atomic mass is 32.2. The van der Waals surface area contributed by atoms with E-state index in [2.05, 4.69) is 5.32 Å². The average molecular weight is 423 g/mol. The number of nitrogens with one attached hydrogen (secondary N) is 1. The topological polar surface area (TPSA) is 107 Å². The maximum atomic E-state index is 12.4. The molecule has 10 heteroatoms. The fourth-order valence-corrected chi connectivity index (χ4v) is 4.43.